The van der Waals surface area contributed by atoms with Crippen LogP contribution in [0.3, 0.4) is 0 Å². The number of rotatable bonds is 4. The molecular weight excluding hydrogens is 268 g/mol. The van der Waals surface area contributed by atoms with Crippen molar-refractivity contribution >= 4 is 27.1 Å². The lowest BCUT2D eigenvalue weighted by atomic mass is 10.1. The Labute approximate surface area is 124 Å². The van der Waals surface area contributed by atoms with Crippen LogP contribution in [0.25, 0.3) is 10.1 Å². The number of benzene rings is 1. The maximum absolute atomic E-state index is 9.36. The molecular formula is C16H22N2OS. The fraction of sp³-hybridized carbons (Fsp3) is 0.500. The average molecular weight is 290 g/mol. The smallest absolute Gasteiger partial charge is 0.0774 e. The summed E-state index contributed by atoms with van der Waals surface area (Å²) >= 11 is 1.70. The summed E-state index contributed by atoms with van der Waals surface area (Å²) in [4.78, 5) is 3.60. The van der Waals surface area contributed by atoms with E-state index in [1.165, 1.54) is 28.6 Å². The molecule has 0 amide bonds. The molecule has 20 heavy (non-hydrogen) atoms. The zero-order valence-corrected chi connectivity index (χ0v) is 12.7. The number of nitrogens with one attached hydrogen (secondary N) is 1. The van der Waals surface area contributed by atoms with Crippen molar-refractivity contribution in [1.29, 1.82) is 0 Å². The van der Waals surface area contributed by atoms with Crippen molar-refractivity contribution in [2.75, 3.05) is 24.5 Å². The molecule has 2 N–H and O–H groups in total. The molecule has 0 bridgehead atoms. The van der Waals surface area contributed by atoms with Crippen LogP contribution in [0.1, 0.15) is 24.6 Å². The zero-order valence-electron chi connectivity index (χ0n) is 11.9. The van der Waals surface area contributed by atoms with Gasteiger partial charge >= 0.3 is 0 Å². The molecule has 3 nitrogen and oxygen atoms in total. The van der Waals surface area contributed by atoms with Crippen LogP contribution in [0.5, 0.6) is 0 Å². The van der Waals surface area contributed by atoms with Crippen LogP contribution in [0.15, 0.2) is 24.3 Å². The fourth-order valence-electron chi connectivity index (χ4n) is 3.10. The minimum Gasteiger partial charge on any atom is -0.391 e. The van der Waals surface area contributed by atoms with Gasteiger partial charge in [0.05, 0.1) is 6.61 Å². The van der Waals surface area contributed by atoms with E-state index in [1.807, 2.05) is 0 Å². The number of hydrogen-bond acceptors (Lipinski definition) is 4. The highest BCUT2D eigenvalue weighted by molar-refractivity contribution is 7.19. The van der Waals surface area contributed by atoms with Gasteiger partial charge in [-0.25, -0.2) is 0 Å². The number of anilines is 1. The Morgan fingerprint density at radius 1 is 1.45 bits per heavy atom. The molecule has 2 aromatic rings. The van der Waals surface area contributed by atoms with E-state index >= 15 is 0 Å². The van der Waals surface area contributed by atoms with E-state index in [-0.39, 0.29) is 6.61 Å². The number of thiophene rings is 1. The molecule has 0 radical (unpaired) electrons. The molecule has 0 saturated carbocycles. The van der Waals surface area contributed by atoms with Crippen molar-refractivity contribution in [2.24, 2.45) is 0 Å². The lowest BCUT2D eigenvalue weighted by molar-refractivity contribution is 0.285. The molecule has 1 aliphatic rings. The summed E-state index contributed by atoms with van der Waals surface area (Å²) < 4.78 is 1.28. The molecule has 108 valence electrons. The lowest BCUT2D eigenvalue weighted by Gasteiger charge is -2.38. The van der Waals surface area contributed by atoms with Gasteiger partial charge in [0.25, 0.3) is 0 Å². The number of aliphatic hydroxyl groups is 1. The van der Waals surface area contributed by atoms with Gasteiger partial charge in [0.1, 0.15) is 0 Å². The van der Waals surface area contributed by atoms with Crippen LogP contribution < -0.4 is 10.2 Å². The number of hydrogen-bond donors (Lipinski definition) is 2. The van der Waals surface area contributed by atoms with Gasteiger partial charge < -0.3 is 15.3 Å². The van der Waals surface area contributed by atoms with Crippen LogP contribution in [0, 0.1) is 0 Å². The van der Waals surface area contributed by atoms with E-state index in [2.05, 4.69) is 41.4 Å². The van der Waals surface area contributed by atoms with Crippen LogP contribution in [-0.2, 0) is 6.61 Å². The topological polar surface area (TPSA) is 35.5 Å². The molecule has 4 heteroatoms. The Hall–Kier alpha value is -1.10. The summed E-state index contributed by atoms with van der Waals surface area (Å²) in [5, 5.41) is 14.2. The lowest BCUT2D eigenvalue weighted by Crippen LogP contribution is -2.51. The molecule has 1 aromatic carbocycles. The molecule has 0 spiro atoms. The molecule has 1 atom stereocenters. The number of nitrogens with zero attached hydrogens (tertiary/aromatic N) is 1. The molecule has 3 rings (SSSR count). The Morgan fingerprint density at radius 3 is 3.15 bits per heavy atom. The van der Waals surface area contributed by atoms with E-state index in [1.54, 1.807) is 11.3 Å². The first kappa shape index (κ1) is 13.9. The fourth-order valence-corrected chi connectivity index (χ4v) is 4.04. The third-order valence-corrected chi connectivity index (χ3v) is 5.11. The standard InChI is InChI=1S/C16H22N2OS/c1-2-4-12-10-17-7-8-18(12)15-5-3-6-16-14(15)9-13(11-19)20-16/h3,5-6,9,12,17,19H,2,4,7-8,10-11H2,1H3. The summed E-state index contributed by atoms with van der Waals surface area (Å²) in [7, 11) is 0. The predicted molar refractivity (Wildman–Crippen MR) is 86.7 cm³/mol. The summed E-state index contributed by atoms with van der Waals surface area (Å²) in [6.45, 7) is 5.57. The SMILES string of the molecule is CCCC1CNCCN1c1cccc2sc(CO)cc12. The summed E-state index contributed by atoms with van der Waals surface area (Å²) in [6, 6.07) is 9.25. The predicted octanol–water partition coefficient (Wildman–Crippen LogP) is 2.97. The van der Waals surface area contributed by atoms with Crippen molar-refractivity contribution in [3.05, 3.63) is 29.1 Å². The normalized spacial score (nSPS) is 19.7. The number of piperazine rings is 1. The molecule has 1 aromatic heterocycles. The molecule has 1 fully saturated rings. The van der Waals surface area contributed by atoms with Crippen molar-refractivity contribution in [3.8, 4) is 0 Å². The van der Waals surface area contributed by atoms with E-state index in [9.17, 15) is 5.11 Å². The summed E-state index contributed by atoms with van der Waals surface area (Å²) in [6.07, 6.45) is 2.44. The quantitative estimate of drug-likeness (QED) is 0.908. The first-order valence-electron chi connectivity index (χ1n) is 7.43. The minimum atomic E-state index is 0.138. The largest absolute Gasteiger partial charge is 0.391 e. The van der Waals surface area contributed by atoms with Gasteiger partial charge in [-0.15, -0.1) is 11.3 Å². The van der Waals surface area contributed by atoms with Gasteiger partial charge in [0.15, 0.2) is 0 Å². The van der Waals surface area contributed by atoms with E-state index < -0.39 is 0 Å². The Kier molecular flexibility index (Phi) is 4.24. The highest BCUT2D eigenvalue weighted by Crippen LogP contribution is 2.35. The minimum absolute atomic E-state index is 0.138. The van der Waals surface area contributed by atoms with E-state index in [4.69, 9.17) is 0 Å². The van der Waals surface area contributed by atoms with Gasteiger partial charge in [-0.1, -0.05) is 19.4 Å². The molecule has 0 aliphatic carbocycles. The Bertz CT molecular complexity index is 579. The van der Waals surface area contributed by atoms with Crippen molar-refractivity contribution in [1.82, 2.24) is 5.32 Å². The van der Waals surface area contributed by atoms with Crippen molar-refractivity contribution in [2.45, 2.75) is 32.4 Å². The van der Waals surface area contributed by atoms with Crippen LogP contribution in [0.4, 0.5) is 5.69 Å². The number of aliphatic hydroxyl groups excluding tert-OH is 1. The van der Waals surface area contributed by atoms with Crippen LogP contribution in [-0.4, -0.2) is 30.8 Å². The van der Waals surface area contributed by atoms with Crippen molar-refractivity contribution in [3.63, 3.8) is 0 Å². The molecule has 1 saturated heterocycles. The van der Waals surface area contributed by atoms with Crippen molar-refractivity contribution < 1.29 is 5.11 Å². The maximum Gasteiger partial charge on any atom is 0.0774 e. The molecule has 1 aliphatic heterocycles. The zero-order chi connectivity index (χ0) is 13.9. The van der Waals surface area contributed by atoms with E-state index in [0.717, 1.165) is 24.5 Å². The third kappa shape index (κ3) is 2.55. The molecule has 2 heterocycles. The summed E-state index contributed by atoms with van der Waals surface area (Å²) in [5.41, 5.74) is 1.33. The third-order valence-electron chi connectivity index (χ3n) is 4.03. The average Bonchev–Trinajstić information content (AvgIpc) is 2.91. The first-order valence-corrected chi connectivity index (χ1v) is 8.24. The highest BCUT2D eigenvalue weighted by Gasteiger charge is 2.23. The second-order valence-corrected chi connectivity index (χ2v) is 6.57. The highest BCUT2D eigenvalue weighted by atomic mass is 32.1. The Balaban J connectivity index is 2.00. The Morgan fingerprint density at radius 2 is 2.35 bits per heavy atom. The number of fused-ring (bicyclic) bond motifs is 1. The molecule has 1 unspecified atom stereocenters. The van der Waals surface area contributed by atoms with Gasteiger partial charge in [0.2, 0.25) is 0 Å². The monoisotopic (exact) mass is 290 g/mol. The summed E-state index contributed by atoms with van der Waals surface area (Å²) in [5.74, 6) is 0. The van der Waals surface area contributed by atoms with E-state index in [0.29, 0.717) is 6.04 Å². The first-order chi connectivity index (χ1) is 9.83. The van der Waals surface area contributed by atoms with Crippen LogP contribution in [0.2, 0.25) is 0 Å². The van der Waals surface area contributed by atoms with Crippen LogP contribution >= 0.6 is 11.3 Å². The van der Waals surface area contributed by atoms with Gasteiger partial charge in [-0.05, 0) is 24.6 Å². The second-order valence-electron chi connectivity index (χ2n) is 5.40. The maximum atomic E-state index is 9.36. The van der Waals surface area contributed by atoms with Gasteiger partial charge in [0, 0.05) is 46.3 Å². The van der Waals surface area contributed by atoms with Gasteiger partial charge in [-0.3, -0.25) is 0 Å². The van der Waals surface area contributed by atoms with Gasteiger partial charge in [-0.2, -0.15) is 0 Å². The second kappa shape index (κ2) is 6.12.